The lowest BCUT2D eigenvalue weighted by Crippen LogP contribution is -2.12. The van der Waals surface area contributed by atoms with Crippen molar-refractivity contribution in [2.45, 2.75) is 24.2 Å². The van der Waals surface area contributed by atoms with Crippen molar-refractivity contribution in [3.05, 3.63) is 28.0 Å². The first-order chi connectivity index (χ1) is 9.29. The normalized spacial score (nSPS) is 11.1. The summed E-state index contributed by atoms with van der Waals surface area (Å²) in [6.07, 6.45) is 0.818. The first-order valence-electron chi connectivity index (χ1n) is 5.61. The Labute approximate surface area is 124 Å². The summed E-state index contributed by atoms with van der Waals surface area (Å²) in [6.45, 7) is 0. The number of rotatable bonds is 6. The summed E-state index contributed by atoms with van der Waals surface area (Å²) >= 11 is 2.96. The number of benzene rings is 1. The molecule has 0 unspecified atom stereocenters. The van der Waals surface area contributed by atoms with E-state index in [1.165, 1.54) is 0 Å². The standard InChI is InChI=1S/C12H11BrFNO4S/c13-8-6-9(12(16)17)11(14)10(7-8)20(18,19)5-3-1-2-4-15/h6-7H,1-3,5H2,(H,16,17). The third-order valence-corrected chi connectivity index (χ3v) is 4.77. The fourth-order valence-corrected chi connectivity index (χ4v) is 3.66. The molecule has 0 saturated carbocycles. The highest BCUT2D eigenvalue weighted by molar-refractivity contribution is 9.10. The highest BCUT2D eigenvalue weighted by Gasteiger charge is 2.24. The lowest BCUT2D eigenvalue weighted by Gasteiger charge is -2.08. The van der Waals surface area contributed by atoms with E-state index in [-0.39, 0.29) is 23.1 Å². The van der Waals surface area contributed by atoms with Crippen LogP contribution in [0.4, 0.5) is 4.39 Å². The average Bonchev–Trinajstić information content (AvgIpc) is 2.36. The van der Waals surface area contributed by atoms with E-state index in [0.29, 0.717) is 6.42 Å². The molecule has 1 aromatic carbocycles. The molecule has 20 heavy (non-hydrogen) atoms. The van der Waals surface area contributed by atoms with Gasteiger partial charge in [0, 0.05) is 10.9 Å². The van der Waals surface area contributed by atoms with Crippen LogP contribution >= 0.6 is 15.9 Å². The Bertz CT molecular complexity index is 667. The van der Waals surface area contributed by atoms with Crippen molar-refractivity contribution < 1.29 is 22.7 Å². The number of hydrogen-bond donors (Lipinski definition) is 1. The average molecular weight is 364 g/mol. The zero-order chi connectivity index (χ0) is 15.3. The van der Waals surface area contributed by atoms with E-state index < -0.39 is 32.1 Å². The van der Waals surface area contributed by atoms with Crippen molar-refractivity contribution in [1.29, 1.82) is 5.26 Å². The van der Waals surface area contributed by atoms with Crippen LogP contribution in [0.3, 0.4) is 0 Å². The van der Waals surface area contributed by atoms with Gasteiger partial charge in [0.05, 0.1) is 17.4 Å². The number of carbonyl (C=O) groups is 1. The molecule has 1 aromatic rings. The van der Waals surface area contributed by atoms with Gasteiger partial charge in [-0.25, -0.2) is 17.6 Å². The molecule has 0 fully saturated rings. The van der Waals surface area contributed by atoms with Gasteiger partial charge in [0.25, 0.3) is 0 Å². The molecule has 1 N–H and O–H groups in total. The number of aromatic carboxylic acids is 1. The van der Waals surface area contributed by atoms with Crippen LogP contribution in [0.25, 0.3) is 0 Å². The summed E-state index contributed by atoms with van der Waals surface area (Å²) < 4.78 is 38.1. The zero-order valence-electron chi connectivity index (χ0n) is 10.3. The van der Waals surface area contributed by atoms with Gasteiger partial charge in [-0.1, -0.05) is 15.9 Å². The summed E-state index contributed by atoms with van der Waals surface area (Å²) in [5, 5.41) is 17.2. The molecular formula is C12H11BrFNO4S. The number of unbranched alkanes of at least 4 members (excludes halogenated alkanes) is 2. The fraction of sp³-hybridized carbons (Fsp3) is 0.333. The largest absolute Gasteiger partial charge is 0.478 e. The Kier molecular flexibility index (Phi) is 5.65. The van der Waals surface area contributed by atoms with Gasteiger partial charge in [0.15, 0.2) is 15.7 Å². The van der Waals surface area contributed by atoms with Crippen LogP contribution in [-0.4, -0.2) is 25.2 Å². The Balaban J connectivity index is 3.12. The third-order valence-electron chi connectivity index (χ3n) is 2.52. The van der Waals surface area contributed by atoms with E-state index in [4.69, 9.17) is 10.4 Å². The van der Waals surface area contributed by atoms with Gasteiger partial charge in [-0.05, 0) is 25.0 Å². The van der Waals surface area contributed by atoms with Gasteiger partial charge in [0.1, 0.15) is 4.90 Å². The molecule has 0 aliphatic rings. The minimum atomic E-state index is -3.93. The van der Waals surface area contributed by atoms with Gasteiger partial charge < -0.3 is 5.11 Å². The third kappa shape index (κ3) is 4.02. The van der Waals surface area contributed by atoms with Gasteiger partial charge >= 0.3 is 5.97 Å². The summed E-state index contributed by atoms with van der Waals surface area (Å²) in [7, 11) is -3.93. The first kappa shape index (κ1) is 16.6. The van der Waals surface area contributed by atoms with Crippen molar-refractivity contribution >= 4 is 31.7 Å². The number of carboxylic acid groups (broad SMARTS) is 1. The van der Waals surface area contributed by atoms with E-state index in [2.05, 4.69) is 15.9 Å². The minimum absolute atomic E-state index is 0.173. The van der Waals surface area contributed by atoms with Gasteiger partial charge in [0.2, 0.25) is 0 Å². The van der Waals surface area contributed by atoms with Crippen molar-refractivity contribution in [2.75, 3.05) is 5.75 Å². The van der Waals surface area contributed by atoms with Crippen LogP contribution in [0.2, 0.25) is 0 Å². The Morgan fingerprint density at radius 3 is 2.60 bits per heavy atom. The van der Waals surface area contributed by atoms with Gasteiger partial charge in [-0.3, -0.25) is 0 Å². The first-order valence-corrected chi connectivity index (χ1v) is 8.06. The summed E-state index contributed by atoms with van der Waals surface area (Å²) in [6, 6.07) is 3.93. The van der Waals surface area contributed by atoms with Crippen molar-refractivity contribution in [3.8, 4) is 6.07 Å². The van der Waals surface area contributed by atoms with Crippen LogP contribution < -0.4 is 0 Å². The second-order valence-electron chi connectivity index (χ2n) is 4.00. The summed E-state index contributed by atoms with van der Waals surface area (Å²) in [4.78, 5) is 10.2. The Morgan fingerprint density at radius 1 is 1.40 bits per heavy atom. The number of carboxylic acids is 1. The van der Waals surface area contributed by atoms with E-state index in [9.17, 15) is 17.6 Å². The van der Waals surface area contributed by atoms with Crippen LogP contribution in [0.1, 0.15) is 29.6 Å². The maximum Gasteiger partial charge on any atom is 0.338 e. The molecule has 0 saturated heterocycles. The maximum absolute atomic E-state index is 13.9. The number of hydrogen-bond acceptors (Lipinski definition) is 4. The van der Waals surface area contributed by atoms with Crippen LogP contribution in [-0.2, 0) is 9.84 Å². The highest BCUT2D eigenvalue weighted by atomic mass is 79.9. The van der Waals surface area contributed by atoms with E-state index in [0.717, 1.165) is 12.1 Å². The van der Waals surface area contributed by atoms with Gasteiger partial charge in [-0.2, -0.15) is 5.26 Å². The Morgan fingerprint density at radius 2 is 2.05 bits per heavy atom. The van der Waals surface area contributed by atoms with E-state index in [1.54, 1.807) is 0 Å². The number of sulfone groups is 1. The quantitative estimate of drug-likeness (QED) is 0.783. The van der Waals surface area contributed by atoms with Crippen LogP contribution in [0.15, 0.2) is 21.5 Å². The van der Waals surface area contributed by atoms with Crippen molar-refractivity contribution in [2.24, 2.45) is 0 Å². The second kappa shape index (κ2) is 6.81. The molecule has 1 rings (SSSR count). The molecule has 8 heteroatoms. The highest BCUT2D eigenvalue weighted by Crippen LogP contribution is 2.25. The molecule has 0 aromatic heterocycles. The Hall–Kier alpha value is -1.46. The molecule has 0 aliphatic heterocycles. The van der Waals surface area contributed by atoms with E-state index >= 15 is 0 Å². The second-order valence-corrected chi connectivity index (χ2v) is 7.00. The molecule has 0 aliphatic carbocycles. The number of nitrogens with zero attached hydrogens (tertiary/aromatic N) is 1. The molecule has 0 bridgehead atoms. The topological polar surface area (TPSA) is 95.2 Å². The number of nitriles is 1. The predicted octanol–water partition coefficient (Wildman–Crippen LogP) is 2.75. The molecule has 0 heterocycles. The SMILES string of the molecule is N#CCCCCS(=O)(=O)c1cc(Br)cc(C(=O)O)c1F. The summed E-state index contributed by atoms with van der Waals surface area (Å²) in [5.41, 5.74) is -0.699. The van der Waals surface area contributed by atoms with E-state index in [1.807, 2.05) is 6.07 Å². The number of halogens is 2. The molecule has 0 spiro atoms. The molecule has 5 nitrogen and oxygen atoms in total. The lowest BCUT2D eigenvalue weighted by atomic mass is 10.2. The smallest absolute Gasteiger partial charge is 0.338 e. The molecule has 0 atom stereocenters. The zero-order valence-corrected chi connectivity index (χ0v) is 12.7. The lowest BCUT2D eigenvalue weighted by molar-refractivity contribution is 0.0691. The maximum atomic E-state index is 13.9. The molecule has 0 amide bonds. The van der Waals surface area contributed by atoms with Gasteiger partial charge in [-0.15, -0.1) is 0 Å². The monoisotopic (exact) mass is 363 g/mol. The van der Waals surface area contributed by atoms with Crippen molar-refractivity contribution in [3.63, 3.8) is 0 Å². The minimum Gasteiger partial charge on any atom is -0.478 e. The van der Waals surface area contributed by atoms with Crippen LogP contribution in [0.5, 0.6) is 0 Å². The molecular weight excluding hydrogens is 353 g/mol. The van der Waals surface area contributed by atoms with Crippen LogP contribution in [0, 0.1) is 17.1 Å². The summed E-state index contributed by atoms with van der Waals surface area (Å²) in [5.74, 6) is -3.13. The molecule has 108 valence electrons. The predicted molar refractivity (Wildman–Crippen MR) is 72.6 cm³/mol. The van der Waals surface area contributed by atoms with Crippen molar-refractivity contribution in [1.82, 2.24) is 0 Å². The molecule has 0 radical (unpaired) electrons. The fourth-order valence-electron chi connectivity index (χ4n) is 1.55.